The van der Waals surface area contributed by atoms with Gasteiger partial charge >= 0.3 is 0 Å². The van der Waals surface area contributed by atoms with Crippen LogP contribution in [0, 0.1) is 6.92 Å². The van der Waals surface area contributed by atoms with Gasteiger partial charge in [-0.1, -0.05) is 48.0 Å². The summed E-state index contributed by atoms with van der Waals surface area (Å²) < 4.78 is 27.3. The van der Waals surface area contributed by atoms with Gasteiger partial charge in [0.15, 0.2) is 5.13 Å². The van der Waals surface area contributed by atoms with Crippen molar-refractivity contribution in [3.63, 3.8) is 0 Å². The quantitative estimate of drug-likeness (QED) is 0.545. The van der Waals surface area contributed by atoms with E-state index in [2.05, 4.69) is 15.0 Å². The molecule has 0 aliphatic rings. The van der Waals surface area contributed by atoms with E-state index >= 15 is 0 Å². The Kier molecular flexibility index (Phi) is 7.00. The third-order valence-corrected chi connectivity index (χ3v) is 6.58. The molecule has 0 atom stereocenters. The number of hydrogen-bond acceptors (Lipinski definition) is 5. The van der Waals surface area contributed by atoms with Crippen LogP contribution in [0.5, 0.6) is 0 Å². The molecule has 6 nitrogen and oxygen atoms in total. The zero-order valence-corrected chi connectivity index (χ0v) is 17.7. The molecule has 1 heterocycles. The third-order valence-electron chi connectivity index (χ3n) is 4.29. The van der Waals surface area contributed by atoms with Crippen LogP contribution in [0.3, 0.4) is 0 Å². The second kappa shape index (κ2) is 9.67. The Hall–Kier alpha value is -2.71. The predicted octanol–water partition coefficient (Wildman–Crippen LogP) is 3.54. The molecule has 0 radical (unpaired) electrons. The van der Waals surface area contributed by atoms with E-state index in [0.717, 1.165) is 12.0 Å². The smallest absolute Gasteiger partial charge is 0.263 e. The van der Waals surface area contributed by atoms with Gasteiger partial charge < -0.3 is 5.32 Å². The molecule has 3 aromatic rings. The van der Waals surface area contributed by atoms with E-state index in [1.54, 1.807) is 29.6 Å². The summed E-state index contributed by atoms with van der Waals surface area (Å²) in [4.78, 5) is 16.5. The first-order valence-electron chi connectivity index (χ1n) is 9.27. The number of aromatic nitrogens is 1. The molecule has 0 bridgehead atoms. The fraction of sp³-hybridized carbons (Fsp3) is 0.238. The van der Waals surface area contributed by atoms with Gasteiger partial charge in [0.25, 0.3) is 10.0 Å². The van der Waals surface area contributed by atoms with Crippen molar-refractivity contribution in [1.82, 2.24) is 10.3 Å². The zero-order chi connectivity index (χ0) is 20.7. The van der Waals surface area contributed by atoms with Gasteiger partial charge in [-0.3, -0.25) is 9.52 Å². The van der Waals surface area contributed by atoms with Crippen molar-refractivity contribution >= 4 is 32.4 Å². The van der Waals surface area contributed by atoms with Gasteiger partial charge in [-0.15, -0.1) is 11.3 Å². The normalized spacial score (nSPS) is 11.2. The summed E-state index contributed by atoms with van der Waals surface area (Å²) in [7, 11) is -3.67. The van der Waals surface area contributed by atoms with Crippen LogP contribution in [0.2, 0.25) is 0 Å². The second-order valence-corrected chi connectivity index (χ2v) is 9.19. The number of anilines is 1. The first-order valence-corrected chi connectivity index (χ1v) is 11.6. The second-order valence-electron chi connectivity index (χ2n) is 6.65. The highest BCUT2D eigenvalue weighted by Crippen LogP contribution is 2.21. The van der Waals surface area contributed by atoms with Gasteiger partial charge in [-0.05, 0) is 37.5 Å². The van der Waals surface area contributed by atoms with E-state index in [-0.39, 0.29) is 10.8 Å². The van der Waals surface area contributed by atoms with Crippen LogP contribution in [-0.2, 0) is 27.7 Å². The number of hydrogen-bond donors (Lipinski definition) is 2. The molecule has 1 amide bonds. The molecule has 2 N–H and O–H groups in total. The van der Waals surface area contributed by atoms with Crippen molar-refractivity contribution in [3.8, 4) is 0 Å². The van der Waals surface area contributed by atoms with Crippen LogP contribution in [-0.4, -0.2) is 25.9 Å². The monoisotopic (exact) mass is 429 g/mol. The number of nitrogens with zero attached hydrogens (tertiary/aromatic N) is 1. The molecule has 0 saturated carbocycles. The number of sulfonamides is 1. The number of aryl methyl sites for hydroxylation is 2. The fourth-order valence-electron chi connectivity index (χ4n) is 2.68. The van der Waals surface area contributed by atoms with Crippen LogP contribution < -0.4 is 10.0 Å². The van der Waals surface area contributed by atoms with Gasteiger partial charge in [0.1, 0.15) is 0 Å². The standard InChI is InChI=1S/C21H23N3O3S2/c1-16-7-10-19(11-8-16)29(26,27)24-21-23-18(15-28-21)9-12-20(25)22-14-13-17-5-3-2-4-6-17/h2-8,10-11,15H,9,12-14H2,1H3,(H,22,25)(H,23,24). The Labute approximate surface area is 175 Å². The number of rotatable bonds is 9. The number of nitrogens with one attached hydrogen (secondary N) is 2. The molecule has 0 aliphatic heterocycles. The van der Waals surface area contributed by atoms with Crippen LogP contribution >= 0.6 is 11.3 Å². The zero-order valence-electron chi connectivity index (χ0n) is 16.1. The van der Waals surface area contributed by atoms with Crippen molar-refractivity contribution in [2.75, 3.05) is 11.3 Å². The van der Waals surface area contributed by atoms with Crippen molar-refractivity contribution in [2.45, 2.75) is 31.1 Å². The lowest BCUT2D eigenvalue weighted by Crippen LogP contribution is -2.25. The van der Waals surface area contributed by atoms with E-state index in [0.29, 0.717) is 30.2 Å². The fourth-order valence-corrected chi connectivity index (χ4v) is 4.68. The van der Waals surface area contributed by atoms with Crippen molar-refractivity contribution < 1.29 is 13.2 Å². The average molecular weight is 430 g/mol. The molecule has 29 heavy (non-hydrogen) atoms. The lowest BCUT2D eigenvalue weighted by atomic mass is 10.1. The lowest BCUT2D eigenvalue weighted by molar-refractivity contribution is -0.121. The summed E-state index contributed by atoms with van der Waals surface area (Å²) in [5.74, 6) is -0.0456. The molecule has 2 aromatic carbocycles. The molecule has 0 spiro atoms. The largest absolute Gasteiger partial charge is 0.356 e. The predicted molar refractivity (Wildman–Crippen MR) is 116 cm³/mol. The van der Waals surface area contributed by atoms with Crippen LogP contribution in [0.4, 0.5) is 5.13 Å². The summed E-state index contributed by atoms with van der Waals surface area (Å²) in [5.41, 5.74) is 2.86. The van der Waals surface area contributed by atoms with Gasteiger partial charge in [0.05, 0.1) is 10.6 Å². The Morgan fingerprint density at radius 1 is 1.03 bits per heavy atom. The highest BCUT2D eigenvalue weighted by atomic mass is 32.2. The van der Waals surface area contributed by atoms with Gasteiger partial charge in [0.2, 0.25) is 5.91 Å². The number of carbonyl (C=O) groups is 1. The molecule has 8 heteroatoms. The maximum Gasteiger partial charge on any atom is 0.263 e. The molecule has 1 aromatic heterocycles. The van der Waals surface area contributed by atoms with Gasteiger partial charge in [0, 0.05) is 18.3 Å². The van der Waals surface area contributed by atoms with Crippen molar-refractivity contribution in [3.05, 3.63) is 76.8 Å². The van der Waals surface area contributed by atoms with E-state index in [4.69, 9.17) is 0 Å². The average Bonchev–Trinajstić information content (AvgIpc) is 3.14. The Balaban J connectivity index is 1.46. The number of benzene rings is 2. The molecule has 0 aliphatic carbocycles. The SMILES string of the molecule is Cc1ccc(S(=O)(=O)Nc2nc(CCC(=O)NCCc3ccccc3)cs2)cc1. The topological polar surface area (TPSA) is 88.2 Å². The summed E-state index contributed by atoms with van der Waals surface area (Å²) in [6.07, 6.45) is 1.55. The summed E-state index contributed by atoms with van der Waals surface area (Å²) in [6.45, 7) is 2.48. The summed E-state index contributed by atoms with van der Waals surface area (Å²) in [5, 5.41) is 4.96. The first kappa shape index (κ1) is 21.0. The van der Waals surface area contributed by atoms with E-state index in [1.807, 2.05) is 37.3 Å². The van der Waals surface area contributed by atoms with Crippen molar-refractivity contribution in [1.29, 1.82) is 0 Å². The van der Waals surface area contributed by atoms with Crippen LogP contribution in [0.15, 0.2) is 64.9 Å². The minimum Gasteiger partial charge on any atom is -0.356 e. The van der Waals surface area contributed by atoms with Crippen molar-refractivity contribution in [2.24, 2.45) is 0 Å². The molecule has 3 rings (SSSR count). The summed E-state index contributed by atoms with van der Waals surface area (Å²) >= 11 is 1.21. The van der Waals surface area contributed by atoms with Gasteiger partial charge in [-0.25, -0.2) is 13.4 Å². The molecule has 0 saturated heterocycles. The van der Waals surface area contributed by atoms with Crippen LogP contribution in [0.25, 0.3) is 0 Å². The third kappa shape index (κ3) is 6.40. The Morgan fingerprint density at radius 3 is 2.48 bits per heavy atom. The first-order chi connectivity index (χ1) is 13.9. The van der Waals surface area contributed by atoms with Gasteiger partial charge in [-0.2, -0.15) is 0 Å². The minimum atomic E-state index is -3.67. The number of carbonyl (C=O) groups excluding carboxylic acids is 1. The number of thiazole rings is 1. The van der Waals surface area contributed by atoms with E-state index in [9.17, 15) is 13.2 Å². The van der Waals surface area contributed by atoms with E-state index < -0.39 is 10.0 Å². The molecular formula is C21H23N3O3S2. The highest BCUT2D eigenvalue weighted by molar-refractivity contribution is 7.93. The van der Waals surface area contributed by atoms with Crippen LogP contribution in [0.1, 0.15) is 23.2 Å². The highest BCUT2D eigenvalue weighted by Gasteiger charge is 2.16. The molecule has 0 unspecified atom stereocenters. The minimum absolute atomic E-state index is 0.0456. The Morgan fingerprint density at radius 2 is 1.76 bits per heavy atom. The van der Waals surface area contributed by atoms with E-state index in [1.165, 1.54) is 16.9 Å². The lowest BCUT2D eigenvalue weighted by Gasteiger charge is -2.05. The maximum absolute atomic E-state index is 12.4. The molecular weight excluding hydrogens is 406 g/mol. The maximum atomic E-state index is 12.4. The molecule has 152 valence electrons. The molecule has 0 fully saturated rings. The Bertz CT molecular complexity index is 1050. The summed E-state index contributed by atoms with van der Waals surface area (Å²) in [6, 6.07) is 16.6. The number of amides is 1.